The summed E-state index contributed by atoms with van der Waals surface area (Å²) < 4.78 is 11.2. The normalized spacial score (nSPS) is 12.2. The molecular weight excluding hydrogens is 368 g/mol. The van der Waals surface area contributed by atoms with E-state index in [1.54, 1.807) is 13.2 Å². The van der Waals surface area contributed by atoms with Gasteiger partial charge in [0.25, 0.3) is 5.91 Å². The molecule has 0 radical (unpaired) electrons. The van der Waals surface area contributed by atoms with Crippen molar-refractivity contribution in [1.29, 1.82) is 0 Å². The summed E-state index contributed by atoms with van der Waals surface area (Å²) in [4.78, 5) is 27.2. The Balaban J connectivity index is 1.87. The van der Waals surface area contributed by atoms with Gasteiger partial charge < -0.3 is 19.4 Å². The summed E-state index contributed by atoms with van der Waals surface area (Å²) in [6.45, 7) is 4.12. The van der Waals surface area contributed by atoms with Crippen molar-refractivity contribution in [3.8, 4) is 5.75 Å². The second-order valence-electron chi connectivity index (χ2n) is 7.36. The first kappa shape index (κ1) is 20.6. The second kappa shape index (κ2) is 8.49. The molecule has 0 spiro atoms. The summed E-state index contributed by atoms with van der Waals surface area (Å²) in [5, 5.41) is 3.37. The van der Waals surface area contributed by atoms with E-state index >= 15 is 0 Å². The molecule has 0 aliphatic carbocycles. The van der Waals surface area contributed by atoms with Crippen LogP contribution in [0.25, 0.3) is 11.0 Å². The van der Waals surface area contributed by atoms with Crippen LogP contribution in [0.4, 0.5) is 0 Å². The minimum atomic E-state index is -0.425. The highest BCUT2D eigenvalue weighted by atomic mass is 16.5. The van der Waals surface area contributed by atoms with Gasteiger partial charge in [-0.1, -0.05) is 24.3 Å². The van der Waals surface area contributed by atoms with Gasteiger partial charge in [0, 0.05) is 18.2 Å². The molecule has 0 aliphatic rings. The highest BCUT2D eigenvalue weighted by molar-refractivity contribution is 5.93. The van der Waals surface area contributed by atoms with Gasteiger partial charge in [-0.2, -0.15) is 0 Å². The van der Waals surface area contributed by atoms with Crippen molar-refractivity contribution in [2.24, 2.45) is 0 Å². The Morgan fingerprint density at radius 1 is 1.17 bits per heavy atom. The number of likely N-dealkylation sites (N-methyl/N-ethyl adjacent to an activating group) is 1. The molecule has 3 rings (SSSR count). The van der Waals surface area contributed by atoms with Gasteiger partial charge in [0.1, 0.15) is 11.3 Å². The maximum Gasteiger partial charge on any atom is 0.287 e. The Bertz CT molecular complexity index is 1100. The molecule has 1 aromatic heterocycles. The van der Waals surface area contributed by atoms with Crippen molar-refractivity contribution < 1.29 is 13.9 Å². The lowest BCUT2D eigenvalue weighted by molar-refractivity contribution is 0.0914. The molecule has 0 bridgehead atoms. The third-order valence-electron chi connectivity index (χ3n) is 4.96. The molecule has 0 aliphatic heterocycles. The number of nitrogens with zero attached hydrogens (tertiary/aromatic N) is 1. The number of para-hydroxylation sites is 1. The van der Waals surface area contributed by atoms with Gasteiger partial charge in [0.05, 0.1) is 18.5 Å². The van der Waals surface area contributed by atoms with Gasteiger partial charge >= 0.3 is 0 Å². The van der Waals surface area contributed by atoms with Gasteiger partial charge in [-0.05, 0) is 51.2 Å². The number of rotatable bonds is 6. The van der Waals surface area contributed by atoms with Crippen LogP contribution in [-0.4, -0.2) is 38.6 Å². The van der Waals surface area contributed by atoms with E-state index in [2.05, 4.69) is 5.32 Å². The van der Waals surface area contributed by atoms with Crippen LogP contribution in [0.3, 0.4) is 0 Å². The average Bonchev–Trinajstić information content (AvgIpc) is 2.68. The fourth-order valence-corrected chi connectivity index (χ4v) is 3.51. The first-order valence-corrected chi connectivity index (χ1v) is 9.44. The quantitative estimate of drug-likeness (QED) is 0.693. The summed E-state index contributed by atoms with van der Waals surface area (Å²) >= 11 is 0. The van der Waals surface area contributed by atoms with Crippen molar-refractivity contribution in [1.82, 2.24) is 10.2 Å². The summed E-state index contributed by atoms with van der Waals surface area (Å²) in [5.74, 6) is 0.335. The fraction of sp³-hybridized carbons (Fsp3) is 0.304. The molecular formula is C23H26N2O4. The van der Waals surface area contributed by atoms with Crippen molar-refractivity contribution in [3.63, 3.8) is 0 Å². The van der Waals surface area contributed by atoms with Crippen LogP contribution >= 0.6 is 0 Å². The largest absolute Gasteiger partial charge is 0.496 e. The van der Waals surface area contributed by atoms with E-state index in [0.29, 0.717) is 17.5 Å². The number of methoxy groups -OCH3 is 1. The first-order chi connectivity index (χ1) is 13.8. The Morgan fingerprint density at radius 2 is 1.90 bits per heavy atom. The van der Waals surface area contributed by atoms with Crippen molar-refractivity contribution in [2.45, 2.75) is 19.9 Å². The van der Waals surface area contributed by atoms with E-state index in [-0.39, 0.29) is 17.2 Å². The van der Waals surface area contributed by atoms with Gasteiger partial charge in [-0.25, -0.2) is 0 Å². The average molecular weight is 394 g/mol. The number of hydrogen-bond acceptors (Lipinski definition) is 5. The minimum Gasteiger partial charge on any atom is -0.496 e. The Kier molecular flexibility index (Phi) is 6.03. The number of benzene rings is 2. The number of fused-ring (bicyclic) bond motifs is 1. The molecule has 1 amide bonds. The summed E-state index contributed by atoms with van der Waals surface area (Å²) in [5.41, 5.74) is 2.99. The highest BCUT2D eigenvalue weighted by Gasteiger charge is 2.21. The topological polar surface area (TPSA) is 71.8 Å². The van der Waals surface area contributed by atoms with Crippen LogP contribution in [0.2, 0.25) is 0 Å². The minimum absolute atomic E-state index is 0.00647. The zero-order valence-electron chi connectivity index (χ0n) is 17.4. The third-order valence-corrected chi connectivity index (χ3v) is 4.96. The third kappa shape index (κ3) is 4.32. The smallest absolute Gasteiger partial charge is 0.287 e. The maximum atomic E-state index is 12.7. The monoisotopic (exact) mass is 394 g/mol. The lowest BCUT2D eigenvalue weighted by Gasteiger charge is -2.26. The van der Waals surface area contributed by atoms with Crippen molar-refractivity contribution in [2.75, 3.05) is 27.7 Å². The molecule has 0 fully saturated rings. The molecule has 1 unspecified atom stereocenters. The van der Waals surface area contributed by atoms with E-state index in [0.717, 1.165) is 22.4 Å². The zero-order chi connectivity index (χ0) is 21.1. The van der Waals surface area contributed by atoms with E-state index in [1.165, 1.54) is 6.07 Å². The van der Waals surface area contributed by atoms with Gasteiger partial charge in [0.2, 0.25) is 0 Å². The van der Waals surface area contributed by atoms with E-state index in [9.17, 15) is 9.59 Å². The first-order valence-electron chi connectivity index (χ1n) is 9.44. The maximum absolute atomic E-state index is 12.7. The molecule has 3 aromatic rings. The molecule has 1 heterocycles. The van der Waals surface area contributed by atoms with Crippen LogP contribution < -0.4 is 15.5 Å². The van der Waals surface area contributed by atoms with E-state index < -0.39 is 5.91 Å². The second-order valence-corrected chi connectivity index (χ2v) is 7.36. The SMILES string of the molecule is COc1ccccc1C(CNC(=O)c1cc(=O)c2cc(C)cc(C)c2o1)N(C)C. The number of nitrogens with one attached hydrogen (secondary N) is 1. The summed E-state index contributed by atoms with van der Waals surface area (Å²) in [7, 11) is 5.49. The van der Waals surface area contributed by atoms with E-state index in [1.807, 2.05) is 63.2 Å². The van der Waals surface area contributed by atoms with Crippen LogP contribution in [0, 0.1) is 13.8 Å². The Morgan fingerprint density at radius 3 is 2.59 bits per heavy atom. The molecule has 1 atom stereocenters. The van der Waals surface area contributed by atoms with Crippen LogP contribution in [-0.2, 0) is 0 Å². The molecule has 152 valence electrons. The summed E-state index contributed by atoms with van der Waals surface area (Å²) in [6.07, 6.45) is 0. The Labute approximate surface area is 170 Å². The van der Waals surface area contributed by atoms with Gasteiger partial charge in [0.15, 0.2) is 11.2 Å². The number of carbonyl (C=O) groups excluding carboxylic acids is 1. The predicted octanol–water partition coefficient (Wildman–Crippen LogP) is 3.45. The van der Waals surface area contributed by atoms with Crippen molar-refractivity contribution in [3.05, 3.63) is 75.1 Å². The molecule has 6 nitrogen and oxygen atoms in total. The Hall–Kier alpha value is -3.12. The van der Waals surface area contributed by atoms with Gasteiger partial charge in [-0.3, -0.25) is 9.59 Å². The number of aryl methyl sites for hydroxylation is 2. The number of amides is 1. The van der Waals surface area contributed by atoms with Crippen LogP contribution in [0.1, 0.15) is 33.3 Å². The molecule has 1 N–H and O–H groups in total. The number of ether oxygens (including phenoxy) is 1. The lowest BCUT2D eigenvalue weighted by Crippen LogP contribution is -2.35. The standard InChI is InChI=1S/C23H26N2O4/c1-14-10-15(2)22-17(11-14)19(26)12-21(29-22)23(27)24-13-18(25(3)4)16-8-6-7-9-20(16)28-5/h6-12,18H,13H2,1-5H3,(H,24,27). The molecule has 6 heteroatoms. The number of hydrogen-bond donors (Lipinski definition) is 1. The van der Waals surface area contributed by atoms with Crippen LogP contribution in [0.5, 0.6) is 5.75 Å². The highest BCUT2D eigenvalue weighted by Crippen LogP contribution is 2.27. The molecule has 29 heavy (non-hydrogen) atoms. The van der Waals surface area contributed by atoms with Gasteiger partial charge in [-0.15, -0.1) is 0 Å². The lowest BCUT2D eigenvalue weighted by atomic mass is 10.0. The van der Waals surface area contributed by atoms with Crippen LogP contribution in [0.15, 0.2) is 51.7 Å². The van der Waals surface area contributed by atoms with E-state index in [4.69, 9.17) is 9.15 Å². The number of carbonyl (C=O) groups is 1. The van der Waals surface area contributed by atoms with Crippen molar-refractivity contribution >= 4 is 16.9 Å². The molecule has 0 saturated carbocycles. The fourth-order valence-electron chi connectivity index (χ4n) is 3.51. The zero-order valence-corrected chi connectivity index (χ0v) is 17.4. The molecule has 2 aromatic carbocycles. The summed E-state index contributed by atoms with van der Waals surface area (Å²) in [6, 6.07) is 12.6. The predicted molar refractivity (Wildman–Crippen MR) is 114 cm³/mol. The molecule has 0 saturated heterocycles.